The smallest absolute Gasteiger partial charge is 0.331 e. The number of thioether (sulfide) groups is 1. The summed E-state index contributed by atoms with van der Waals surface area (Å²) in [5, 5.41) is 14.9. The molecule has 0 aromatic heterocycles. The highest BCUT2D eigenvalue weighted by Crippen LogP contribution is 2.23. The molecule has 0 bridgehead atoms. The number of nitrogens with one attached hydrogen (secondary N) is 2. The Hall–Kier alpha value is -1.40. The number of carboxylic acids is 1. The molecule has 1 heterocycles. The Morgan fingerprint density at radius 2 is 1.95 bits per heavy atom. The molecule has 1 atom stereocenters. The third-order valence-electron chi connectivity index (χ3n) is 3.30. The van der Waals surface area contributed by atoms with Gasteiger partial charge in [0.1, 0.15) is 0 Å². The van der Waals surface area contributed by atoms with E-state index in [-0.39, 0.29) is 6.04 Å². The van der Waals surface area contributed by atoms with E-state index in [0.717, 1.165) is 24.3 Å². The van der Waals surface area contributed by atoms with Gasteiger partial charge in [-0.1, -0.05) is 29.8 Å². The van der Waals surface area contributed by atoms with Crippen molar-refractivity contribution in [3.63, 3.8) is 0 Å². The highest BCUT2D eigenvalue weighted by molar-refractivity contribution is 7.99. The summed E-state index contributed by atoms with van der Waals surface area (Å²) in [6.45, 7) is 0. The summed E-state index contributed by atoms with van der Waals surface area (Å²) in [7, 11) is 0. The molecule has 21 heavy (non-hydrogen) atoms. The number of carboxylic acid groups (broad SMARTS) is 1. The van der Waals surface area contributed by atoms with Gasteiger partial charge in [-0.25, -0.2) is 9.59 Å². The van der Waals surface area contributed by atoms with Crippen LogP contribution in [0.1, 0.15) is 24.4 Å². The van der Waals surface area contributed by atoms with Crippen molar-refractivity contribution in [3.8, 4) is 0 Å². The zero-order valence-electron chi connectivity index (χ0n) is 11.3. The minimum atomic E-state index is -1.16. The molecule has 2 amide bonds. The second kappa shape index (κ2) is 7.56. The van der Waals surface area contributed by atoms with E-state index in [1.54, 1.807) is 24.3 Å². The molecular formula is C14H17ClN2O3S. The minimum Gasteiger partial charge on any atom is -0.479 e. The van der Waals surface area contributed by atoms with Crippen molar-refractivity contribution < 1.29 is 14.7 Å². The van der Waals surface area contributed by atoms with Crippen molar-refractivity contribution in [3.05, 3.63) is 34.9 Å². The molecule has 5 nitrogen and oxygen atoms in total. The third-order valence-corrected chi connectivity index (χ3v) is 4.69. The first kappa shape index (κ1) is 16.0. The van der Waals surface area contributed by atoms with Gasteiger partial charge in [0.2, 0.25) is 0 Å². The number of hydrogen-bond acceptors (Lipinski definition) is 3. The summed E-state index contributed by atoms with van der Waals surface area (Å²) in [4.78, 5) is 23.4. The first-order valence-electron chi connectivity index (χ1n) is 6.70. The van der Waals surface area contributed by atoms with E-state index >= 15 is 0 Å². The van der Waals surface area contributed by atoms with Crippen LogP contribution < -0.4 is 10.6 Å². The van der Waals surface area contributed by atoms with Gasteiger partial charge in [0.15, 0.2) is 6.04 Å². The molecule has 114 valence electrons. The van der Waals surface area contributed by atoms with Crippen LogP contribution in [0.4, 0.5) is 4.79 Å². The number of hydrogen-bond donors (Lipinski definition) is 3. The Bertz CT molecular complexity index is 521. The number of amides is 2. The summed E-state index contributed by atoms with van der Waals surface area (Å²) < 4.78 is 0. The maximum absolute atomic E-state index is 12.0. The van der Waals surface area contributed by atoms with Gasteiger partial charge in [0.25, 0.3) is 0 Å². The molecule has 1 aromatic carbocycles. The van der Waals surface area contributed by atoms with Gasteiger partial charge in [-0.05, 0) is 30.4 Å². The molecule has 1 fully saturated rings. The maximum Gasteiger partial charge on any atom is 0.331 e. The average Bonchev–Trinajstić information content (AvgIpc) is 2.46. The molecule has 2 rings (SSSR count). The van der Waals surface area contributed by atoms with Gasteiger partial charge in [0, 0.05) is 16.6 Å². The van der Waals surface area contributed by atoms with Gasteiger partial charge in [-0.15, -0.1) is 0 Å². The van der Waals surface area contributed by atoms with E-state index in [2.05, 4.69) is 10.6 Å². The summed E-state index contributed by atoms with van der Waals surface area (Å²) in [5.74, 6) is 0.882. The van der Waals surface area contributed by atoms with Crippen LogP contribution in [0.5, 0.6) is 0 Å². The average molecular weight is 329 g/mol. The van der Waals surface area contributed by atoms with Crippen LogP contribution in [0, 0.1) is 0 Å². The summed E-state index contributed by atoms with van der Waals surface area (Å²) in [5.41, 5.74) is 0.376. The Kier molecular flexibility index (Phi) is 5.76. The van der Waals surface area contributed by atoms with E-state index in [0.29, 0.717) is 10.6 Å². The number of carbonyl (C=O) groups excluding carboxylic acids is 1. The minimum absolute atomic E-state index is 0.104. The van der Waals surface area contributed by atoms with Crippen molar-refractivity contribution in [2.75, 3.05) is 11.5 Å². The maximum atomic E-state index is 12.0. The molecular weight excluding hydrogens is 312 g/mol. The third kappa shape index (κ3) is 4.54. The molecule has 7 heteroatoms. The number of aliphatic carboxylic acids is 1. The normalized spacial score (nSPS) is 17.0. The standard InChI is InChI=1S/C14H17ClN2O3S/c15-11-4-2-1-3-10(11)12(13(18)19)17-14(20)16-9-5-7-21-8-6-9/h1-4,9,12H,5-8H2,(H,18,19)(H2,16,17,20)/t12-/m1/s1. The highest BCUT2D eigenvalue weighted by Gasteiger charge is 2.25. The predicted octanol–water partition coefficient (Wildman–Crippen LogP) is 2.66. The van der Waals surface area contributed by atoms with Gasteiger partial charge in [-0.2, -0.15) is 11.8 Å². The Morgan fingerprint density at radius 3 is 2.57 bits per heavy atom. The van der Waals surface area contributed by atoms with Crippen LogP contribution in [0.3, 0.4) is 0 Å². The van der Waals surface area contributed by atoms with Crippen LogP contribution in [-0.2, 0) is 4.79 Å². The number of carbonyl (C=O) groups is 2. The Labute approximate surface area is 132 Å². The van der Waals surface area contributed by atoms with Crippen molar-refractivity contribution in [2.24, 2.45) is 0 Å². The largest absolute Gasteiger partial charge is 0.479 e. The van der Waals surface area contributed by atoms with Crippen LogP contribution in [0.2, 0.25) is 5.02 Å². The lowest BCUT2D eigenvalue weighted by Gasteiger charge is -2.24. The Balaban J connectivity index is 2.01. The van der Waals surface area contributed by atoms with Crippen molar-refractivity contribution >= 4 is 35.4 Å². The second-order valence-corrected chi connectivity index (χ2v) is 6.43. The molecule has 1 aliphatic rings. The summed E-state index contributed by atoms with van der Waals surface area (Å²) >= 11 is 7.86. The molecule has 0 aliphatic carbocycles. The quantitative estimate of drug-likeness (QED) is 0.794. The lowest BCUT2D eigenvalue weighted by atomic mass is 10.1. The first-order valence-corrected chi connectivity index (χ1v) is 8.23. The van der Waals surface area contributed by atoms with Gasteiger partial charge in [0.05, 0.1) is 0 Å². The first-order chi connectivity index (χ1) is 10.1. The molecule has 1 aromatic rings. The SMILES string of the molecule is O=C(NC1CCSCC1)N[C@@H](C(=O)O)c1ccccc1Cl. The zero-order chi connectivity index (χ0) is 15.2. The lowest BCUT2D eigenvalue weighted by Crippen LogP contribution is -2.46. The predicted molar refractivity (Wildman–Crippen MR) is 83.8 cm³/mol. The van der Waals surface area contributed by atoms with E-state index in [4.69, 9.17) is 11.6 Å². The van der Waals surface area contributed by atoms with Gasteiger partial charge >= 0.3 is 12.0 Å². The fourth-order valence-electron chi connectivity index (χ4n) is 2.18. The van der Waals surface area contributed by atoms with E-state index in [1.807, 2.05) is 11.8 Å². The summed E-state index contributed by atoms with van der Waals surface area (Å²) in [6, 6.07) is 5.08. The van der Waals surface area contributed by atoms with Gasteiger partial charge < -0.3 is 15.7 Å². The van der Waals surface area contributed by atoms with E-state index in [9.17, 15) is 14.7 Å². The number of halogens is 1. The number of rotatable bonds is 4. The molecule has 1 aliphatic heterocycles. The van der Waals surface area contributed by atoms with Crippen LogP contribution in [0.15, 0.2) is 24.3 Å². The second-order valence-electron chi connectivity index (χ2n) is 4.80. The molecule has 0 radical (unpaired) electrons. The lowest BCUT2D eigenvalue weighted by molar-refractivity contribution is -0.139. The fourth-order valence-corrected chi connectivity index (χ4v) is 3.53. The monoisotopic (exact) mass is 328 g/mol. The highest BCUT2D eigenvalue weighted by atomic mass is 35.5. The molecule has 0 spiro atoms. The number of urea groups is 1. The van der Waals surface area contributed by atoms with Crippen LogP contribution in [0.25, 0.3) is 0 Å². The van der Waals surface area contributed by atoms with Crippen molar-refractivity contribution in [1.82, 2.24) is 10.6 Å². The Morgan fingerprint density at radius 1 is 1.29 bits per heavy atom. The number of benzene rings is 1. The molecule has 1 saturated heterocycles. The van der Waals surface area contributed by atoms with Crippen molar-refractivity contribution in [1.29, 1.82) is 0 Å². The van der Waals surface area contributed by atoms with Crippen LogP contribution >= 0.6 is 23.4 Å². The molecule has 0 unspecified atom stereocenters. The van der Waals surface area contributed by atoms with Crippen LogP contribution in [-0.4, -0.2) is 34.7 Å². The topological polar surface area (TPSA) is 78.4 Å². The van der Waals surface area contributed by atoms with E-state index in [1.165, 1.54) is 0 Å². The van der Waals surface area contributed by atoms with Crippen molar-refractivity contribution in [2.45, 2.75) is 24.9 Å². The van der Waals surface area contributed by atoms with Gasteiger partial charge in [-0.3, -0.25) is 0 Å². The fraction of sp³-hybridized carbons (Fsp3) is 0.429. The van der Waals surface area contributed by atoms with E-state index < -0.39 is 18.0 Å². The molecule has 3 N–H and O–H groups in total. The zero-order valence-corrected chi connectivity index (χ0v) is 12.9. The summed E-state index contributed by atoms with van der Waals surface area (Å²) in [6.07, 6.45) is 1.81. The molecule has 0 saturated carbocycles.